The van der Waals surface area contributed by atoms with Gasteiger partial charge in [-0.2, -0.15) is 28.4 Å². The summed E-state index contributed by atoms with van der Waals surface area (Å²) in [5.74, 6) is -0.807. The maximum atomic E-state index is 9.78. The minimum Gasteiger partial charge on any atom is -0.663 e. The van der Waals surface area contributed by atoms with Crippen LogP contribution in [0.4, 0.5) is 0 Å². The molecule has 0 aromatic heterocycles. The standard InChI is InChI=1S/C8H4Cl4O2.2C4H5O2.2Rf/c1-13-7-3(9)5(11)8(14-2)6(12)4(7)10;2*1-3-4(5)6-2;;/h1-2H2;2*3H,1-2H2;;/q-2;2*-1;;. The minimum absolute atomic E-state index is 0. The molecule has 1 aromatic rings. The molecule has 0 spiro atoms. The van der Waals surface area contributed by atoms with Gasteiger partial charge in [0.2, 0.25) is 0 Å². The van der Waals surface area contributed by atoms with E-state index >= 15 is 0 Å². The normalized spacial score (nSPS) is 8.00. The Morgan fingerprint density at radius 3 is 0.964 bits per heavy atom. The molecule has 0 aliphatic rings. The molecule has 1 aromatic carbocycles. The quantitative estimate of drug-likeness (QED) is 0.168. The molecule has 1 rings (SSSR count). The summed E-state index contributed by atoms with van der Waals surface area (Å²) in [6, 6.07) is 0. The molecular weight excluding hydrogens is 964 g/mol. The average Bonchev–Trinajstić information content (AvgIpc) is 2.67. The summed E-state index contributed by atoms with van der Waals surface area (Å²) in [5, 5.41) is 0.314. The molecule has 0 N–H and O–H groups in total. The Kier molecular flexibility index (Phi) is 19.3. The van der Waals surface area contributed by atoms with Gasteiger partial charge in [0.1, 0.15) is 31.6 Å². The molecule has 0 fully saturated rings. The van der Waals surface area contributed by atoms with Crippen LogP contribution in [0.3, 0.4) is 0 Å². The van der Waals surface area contributed by atoms with Crippen molar-refractivity contribution in [1.29, 1.82) is 0 Å². The average molecular weight is 978 g/mol. The van der Waals surface area contributed by atoms with Gasteiger partial charge in [-0.25, -0.2) is 9.59 Å². The fraction of sp³-hybridized carbons (Fsp3) is 0. The Morgan fingerprint density at radius 1 is 0.679 bits per heavy atom. The molecule has 6 nitrogen and oxygen atoms in total. The maximum Gasteiger partial charge on any atom is 0.298 e. The number of carbonyl (C=O) groups is 2. The van der Waals surface area contributed by atoms with Gasteiger partial charge in [-0.05, 0) is 0 Å². The molecule has 0 bridgehead atoms. The first-order chi connectivity index (χ1) is 12.2. The van der Waals surface area contributed by atoms with Gasteiger partial charge in [0.15, 0.2) is 0 Å². The van der Waals surface area contributed by atoms with E-state index in [-0.39, 0.29) is 31.6 Å². The first kappa shape index (κ1) is 32.1. The van der Waals surface area contributed by atoms with Crippen molar-refractivity contribution in [2.75, 3.05) is 0 Å². The van der Waals surface area contributed by atoms with Gasteiger partial charge in [0.05, 0.1) is 0 Å². The molecule has 0 saturated carbocycles. The predicted molar refractivity (Wildman–Crippen MR) is 102 cm³/mol. The van der Waals surface area contributed by atoms with E-state index in [0.717, 1.165) is 12.2 Å². The van der Waals surface area contributed by atoms with Crippen LogP contribution in [0.1, 0.15) is 0 Å². The Bertz CT molecular complexity index is 573. The van der Waals surface area contributed by atoms with Crippen LogP contribution in [0.25, 0.3) is 0 Å². The first-order valence-electron chi connectivity index (χ1n) is 6.03. The summed E-state index contributed by atoms with van der Waals surface area (Å²) in [7, 11) is 12.0. The summed E-state index contributed by atoms with van der Waals surface area (Å²) in [6.07, 6.45) is 2.10. The summed E-state index contributed by atoms with van der Waals surface area (Å²) in [4.78, 5) is 19.6. The molecule has 0 radical (unpaired) electrons. The van der Waals surface area contributed by atoms with Crippen molar-refractivity contribution >= 4 is 58.3 Å². The van der Waals surface area contributed by atoms with Gasteiger partial charge in [0, 0.05) is 12.2 Å². The first-order valence-corrected chi connectivity index (χ1v) is 7.54. The third-order valence-corrected chi connectivity index (χ3v) is 3.73. The zero-order chi connectivity index (χ0) is 20.9. The van der Waals surface area contributed by atoms with Crippen LogP contribution >= 0.6 is 46.4 Å². The van der Waals surface area contributed by atoms with E-state index < -0.39 is 11.9 Å². The summed E-state index contributed by atoms with van der Waals surface area (Å²) in [6.45, 7) is 6.23. The van der Waals surface area contributed by atoms with Crippen LogP contribution < -0.4 is 9.47 Å². The zero-order valence-electron chi connectivity index (χ0n) is 14.8. The van der Waals surface area contributed by atoms with Crippen LogP contribution in [0.15, 0.2) is 25.3 Å². The monoisotopic (exact) mass is 976 g/mol. The van der Waals surface area contributed by atoms with Crippen molar-refractivity contribution in [3.8, 4) is 11.5 Å². The number of ether oxygens (including phenoxy) is 4. The fourth-order valence-corrected chi connectivity index (χ4v) is 2.00. The van der Waals surface area contributed by atoms with Crippen LogP contribution in [0, 0.1) is 28.4 Å². The molecule has 0 aliphatic heterocycles. The predicted octanol–water partition coefficient (Wildman–Crippen LogP) is 5.66. The second-order valence-corrected chi connectivity index (χ2v) is 5.05. The van der Waals surface area contributed by atoms with Gasteiger partial charge in [-0.15, -0.1) is 0 Å². The molecule has 12 heteroatoms. The Labute approximate surface area is 172 Å². The van der Waals surface area contributed by atoms with E-state index in [4.69, 9.17) is 46.4 Å². The molecule has 0 unspecified atom stereocenters. The number of rotatable bonds is 4. The second kappa shape index (κ2) is 16.8. The zero-order valence-corrected chi connectivity index (χ0v) is 30.6. The third-order valence-electron chi connectivity index (χ3n) is 2.09. The SMILES string of the molecule is C=CC(=O)O[CH2-].C=CC(=O)O[CH2-].[CH2-]Oc1c(Cl)c(Cl)c(O[CH2-])c(Cl)c1Cl.[Rf].[Rf]. The van der Waals surface area contributed by atoms with Crippen LogP contribution in [0.2, 0.25) is 20.1 Å². The molecule has 0 saturated heterocycles. The van der Waals surface area contributed by atoms with E-state index in [1.54, 1.807) is 0 Å². The van der Waals surface area contributed by atoms with Crippen LogP contribution in [-0.2, 0) is 19.1 Å². The van der Waals surface area contributed by atoms with Gasteiger partial charge < -0.3 is 18.9 Å². The summed E-state index contributed by atoms with van der Waals surface area (Å²) < 4.78 is 17.1. The minimum atomic E-state index is -0.505. The largest absolute Gasteiger partial charge is 0.663 e. The van der Waals surface area contributed by atoms with Crippen molar-refractivity contribution < 1.29 is 28.5 Å². The number of benzene rings is 1. The van der Waals surface area contributed by atoms with E-state index in [1.165, 1.54) is 0 Å². The van der Waals surface area contributed by atoms with E-state index in [1.807, 2.05) is 0 Å². The Morgan fingerprint density at radius 2 is 0.893 bits per heavy atom. The van der Waals surface area contributed by atoms with Gasteiger partial charge in [0.25, 0.3) is 11.9 Å². The Hall–Kier alpha value is -3.60. The molecule has 0 aliphatic carbocycles. The maximum absolute atomic E-state index is 9.78. The molecule has 0 atom stereocenters. The van der Waals surface area contributed by atoms with Crippen molar-refractivity contribution in [3.63, 3.8) is 0 Å². The van der Waals surface area contributed by atoms with Crippen molar-refractivity contribution in [2.45, 2.75) is 0 Å². The molecule has 28 heavy (non-hydrogen) atoms. The summed E-state index contributed by atoms with van der Waals surface area (Å²) in [5.41, 5.74) is 0. The van der Waals surface area contributed by atoms with E-state index in [9.17, 15) is 9.59 Å². The number of hydrogen-bond donors (Lipinski definition) is 0. The van der Waals surface area contributed by atoms with Crippen molar-refractivity contribution in [2.24, 2.45) is 0 Å². The fourth-order valence-electron chi connectivity index (χ4n) is 0.963. The number of hydrogen-bond acceptors (Lipinski definition) is 6. The second-order valence-electron chi connectivity index (χ2n) is 3.54. The number of halogens is 4. The van der Waals surface area contributed by atoms with Crippen molar-refractivity contribution in [1.82, 2.24) is 0 Å². The van der Waals surface area contributed by atoms with E-state index in [2.05, 4.69) is 60.5 Å². The van der Waals surface area contributed by atoms with Gasteiger partial charge in [-0.1, -0.05) is 59.6 Å². The van der Waals surface area contributed by atoms with Gasteiger partial charge in [-0.3, -0.25) is 0 Å². The topological polar surface area (TPSA) is 71.1 Å². The third kappa shape index (κ3) is 9.77. The Balaban J connectivity index is -0.000000175. The number of carbonyl (C=O) groups excluding carboxylic acids is 2. The molecule has 0 amide bonds. The van der Waals surface area contributed by atoms with Crippen LogP contribution in [0.5, 0.6) is 11.5 Å². The molecular formula is C16H14Cl4O6Rf2-4. The van der Waals surface area contributed by atoms with Crippen LogP contribution in [-0.4, -0.2) is 11.9 Å². The summed E-state index contributed by atoms with van der Waals surface area (Å²) >= 11 is 23.2. The van der Waals surface area contributed by atoms with E-state index in [0.29, 0.717) is 0 Å². The van der Waals surface area contributed by atoms with Gasteiger partial charge >= 0.3 is 0 Å². The molecule has 0 heterocycles. The van der Waals surface area contributed by atoms with Crippen molar-refractivity contribution in [3.05, 3.63) is 73.8 Å². The smallest absolute Gasteiger partial charge is 0.298 e. The number of esters is 2. The molecule has 150 valence electrons.